The minimum Gasteiger partial charge on any atom is -0.453 e. The maximum Gasteiger partial charge on any atom is 0.416 e. The van der Waals surface area contributed by atoms with Crippen molar-refractivity contribution in [1.29, 1.82) is 0 Å². The topological polar surface area (TPSA) is 41.6 Å². The van der Waals surface area contributed by atoms with Crippen LogP contribution in [-0.4, -0.2) is 37.7 Å². The molecule has 4 nitrogen and oxygen atoms in total. The lowest BCUT2D eigenvalue weighted by Crippen LogP contribution is -2.36. The number of hydrogen-bond acceptors (Lipinski definition) is 3. The van der Waals surface area contributed by atoms with Crippen molar-refractivity contribution >= 4 is 6.09 Å². The first-order valence-corrected chi connectivity index (χ1v) is 7.02. The number of nitrogens with one attached hydrogen (secondary N) is 1. The Bertz CT molecular complexity index is 492. The van der Waals surface area contributed by atoms with E-state index in [9.17, 15) is 18.0 Å². The predicted octanol–water partition coefficient (Wildman–Crippen LogP) is 3.44. The van der Waals surface area contributed by atoms with Crippen molar-refractivity contribution in [2.24, 2.45) is 0 Å². The summed E-state index contributed by atoms with van der Waals surface area (Å²) in [7, 11) is 1.28. The van der Waals surface area contributed by atoms with Gasteiger partial charge in [-0.1, -0.05) is 19.1 Å². The van der Waals surface area contributed by atoms with E-state index in [4.69, 9.17) is 0 Å². The van der Waals surface area contributed by atoms with Gasteiger partial charge in [0.25, 0.3) is 0 Å². The Balaban J connectivity index is 2.75. The average Bonchev–Trinajstić information content (AvgIpc) is 2.50. The van der Waals surface area contributed by atoms with E-state index in [0.29, 0.717) is 25.2 Å². The van der Waals surface area contributed by atoms with E-state index in [1.54, 1.807) is 6.07 Å². The molecule has 0 aliphatic carbocycles. The van der Waals surface area contributed by atoms with Crippen LogP contribution in [0.3, 0.4) is 0 Å². The highest BCUT2D eigenvalue weighted by atomic mass is 19.4. The molecule has 0 fully saturated rings. The maximum absolute atomic E-state index is 12.8. The summed E-state index contributed by atoms with van der Waals surface area (Å²) < 4.78 is 42.8. The van der Waals surface area contributed by atoms with E-state index < -0.39 is 17.8 Å². The molecule has 1 N–H and O–H groups in total. The first kappa shape index (κ1) is 18.3. The molecule has 1 aromatic carbocycles. The van der Waals surface area contributed by atoms with E-state index >= 15 is 0 Å². The summed E-state index contributed by atoms with van der Waals surface area (Å²) in [5.41, 5.74) is -0.0599. The van der Waals surface area contributed by atoms with Gasteiger partial charge in [0.15, 0.2) is 0 Å². The van der Waals surface area contributed by atoms with Crippen LogP contribution in [0, 0.1) is 0 Å². The lowest BCUT2D eigenvalue weighted by Gasteiger charge is -2.28. The van der Waals surface area contributed by atoms with Crippen LogP contribution >= 0.6 is 0 Å². The van der Waals surface area contributed by atoms with Crippen molar-refractivity contribution in [3.63, 3.8) is 0 Å². The Morgan fingerprint density at radius 1 is 1.41 bits per heavy atom. The number of nitrogens with zero attached hydrogens (tertiary/aromatic N) is 1. The van der Waals surface area contributed by atoms with Crippen molar-refractivity contribution in [2.75, 3.05) is 26.7 Å². The molecule has 1 amide bonds. The number of halogens is 3. The van der Waals surface area contributed by atoms with Crippen LogP contribution < -0.4 is 5.32 Å². The van der Waals surface area contributed by atoms with Crippen LogP contribution in [0.15, 0.2) is 24.3 Å². The van der Waals surface area contributed by atoms with Crippen molar-refractivity contribution in [3.8, 4) is 0 Å². The normalized spacial score (nSPS) is 13.0. The molecule has 1 atom stereocenters. The number of rotatable bonds is 6. The third-order valence-electron chi connectivity index (χ3n) is 3.50. The fraction of sp³-hybridized carbons (Fsp3) is 0.533. The van der Waals surface area contributed by atoms with E-state index in [-0.39, 0.29) is 6.04 Å². The molecule has 1 aromatic rings. The molecule has 0 heterocycles. The Hall–Kier alpha value is -1.76. The molecular weight excluding hydrogens is 297 g/mol. The predicted molar refractivity (Wildman–Crippen MR) is 77.5 cm³/mol. The molecule has 0 bridgehead atoms. The first-order chi connectivity index (χ1) is 10.3. The third-order valence-corrected chi connectivity index (χ3v) is 3.50. The van der Waals surface area contributed by atoms with Gasteiger partial charge in [-0.15, -0.1) is 0 Å². The molecule has 0 saturated carbocycles. The van der Waals surface area contributed by atoms with Gasteiger partial charge >= 0.3 is 12.3 Å². The summed E-state index contributed by atoms with van der Waals surface area (Å²) >= 11 is 0. The largest absolute Gasteiger partial charge is 0.453 e. The maximum atomic E-state index is 12.8. The lowest BCUT2D eigenvalue weighted by molar-refractivity contribution is -0.137. The number of carbonyl (C=O) groups excluding carboxylic acids is 1. The number of alkyl halides is 3. The van der Waals surface area contributed by atoms with E-state index in [0.717, 1.165) is 6.07 Å². The summed E-state index contributed by atoms with van der Waals surface area (Å²) in [4.78, 5) is 13.0. The van der Waals surface area contributed by atoms with Gasteiger partial charge in [-0.05, 0) is 31.2 Å². The SMILES string of the molecule is CCN(CCNC(=O)OC)[C@@H](C)c1cccc(C(F)(F)F)c1. The van der Waals surface area contributed by atoms with Crippen LogP contribution in [0.5, 0.6) is 0 Å². The molecule has 1 rings (SSSR count). The standard InChI is InChI=1S/C15H21F3N2O2/c1-4-20(9-8-19-14(21)22-3)11(2)12-6-5-7-13(10-12)15(16,17)18/h5-7,10-11H,4,8-9H2,1-3H3,(H,19,21)/t11-/m0/s1. The second-order valence-corrected chi connectivity index (χ2v) is 4.85. The summed E-state index contributed by atoms with van der Waals surface area (Å²) in [6.07, 6.45) is -4.87. The van der Waals surface area contributed by atoms with Crippen LogP contribution in [0.4, 0.5) is 18.0 Å². The highest BCUT2D eigenvalue weighted by Crippen LogP contribution is 2.31. The van der Waals surface area contributed by atoms with E-state index in [1.165, 1.54) is 19.2 Å². The van der Waals surface area contributed by atoms with Crippen molar-refractivity contribution in [1.82, 2.24) is 10.2 Å². The quantitative estimate of drug-likeness (QED) is 0.873. The fourth-order valence-corrected chi connectivity index (χ4v) is 2.19. The van der Waals surface area contributed by atoms with E-state index in [1.807, 2.05) is 18.7 Å². The summed E-state index contributed by atoms with van der Waals surface area (Å²) in [5.74, 6) is 0. The zero-order valence-electron chi connectivity index (χ0n) is 12.9. The molecule has 7 heteroatoms. The van der Waals surface area contributed by atoms with Crippen LogP contribution in [-0.2, 0) is 10.9 Å². The molecule has 0 aromatic heterocycles. The van der Waals surface area contributed by atoms with Gasteiger partial charge in [-0.3, -0.25) is 4.90 Å². The summed E-state index contributed by atoms with van der Waals surface area (Å²) in [6, 6.07) is 5.13. The molecule has 0 aliphatic rings. The van der Waals surface area contributed by atoms with Crippen LogP contribution in [0.1, 0.15) is 31.0 Å². The van der Waals surface area contributed by atoms with Gasteiger partial charge in [0.1, 0.15) is 0 Å². The van der Waals surface area contributed by atoms with Gasteiger partial charge in [0.05, 0.1) is 12.7 Å². The molecule has 0 spiro atoms. The first-order valence-electron chi connectivity index (χ1n) is 7.02. The third kappa shape index (κ3) is 5.22. The number of likely N-dealkylation sites (N-methyl/N-ethyl adjacent to an activating group) is 1. The van der Waals surface area contributed by atoms with Crippen molar-refractivity contribution in [3.05, 3.63) is 35.4 Å². The monoisotopic (exact) mass is 318 g/mol. The lowest BCUT2D eigenvalue weighted by atomic mass is 10.0. The fourth-order valence-electron chi connectivity index (χ4n) is 2.19. The minimum absolute atomic E-state index is 0.188. The molecule has 0 aliphatic heterocycles. The van der Waals surface area contributed by atoms with Crippen molar-refractivity contribution in [2.45, 2.75) is 26.1 Å². The number of carbonyl (C=O) groups is 1. The Morgan fingerprint density at radius 2 is 2.09 bits per heavy atom. The smallest absolute Gasteiger partial charge is 0.416 e. The zero-order chi connectivity index (χ0) is 16.8. The number of amides is 1. The molecule has 0 saturated heterocycles. The number of alkyl carbamates (subject to hydrolysis) is 1. The van der Waals surface area contributed by atoms with Gasteiger partial charge < -0.3 is 10.1 Å². The molecule has 0 unspecified atom stereocenters. The second-order valence-electron chi connectivity index (χ2n) is 4.85. The minimum atomic E-state index is -4.35. The van der Waals surface area contributed by atoms with E-state index in [2.05, 4.69) is 10.1 Å². The Morgan fingerprint density at radius 3 is 2.64 bits per heavy atom. The van der Waals surface area contributed by atoms with Crippen LogP contribution in [0.2, 0.25) is 0 Å². The van der Waals surface area contributed by atoms with Gasteiger partial charge in [0.2, 0.25) is 0 Å². The number of benzene rings is 1. The Labute approximate surface area is 128 Å². The highest BCUT2D eigenvalue weighted by molar-refractivity contribution is 5.66. The zero-order valence-corrected chi connectivity index (χ0v) is 12.9. The Kier molecular flexibility index (Phi) is 6.67. The summed E-state index contributed by atoms with van der Waals surface area (Å²) in [6.45, 7) is 5.30. The van der Waals surface area contributed by atoms with Gasteiger partial charge in [-0.25, -0.2) is 4.79 Å². The summed E-state index contributed by atoms with van der Waals surface area (Å²) in [5, 5.41) is 2.56. The second kappa shape index (κ2) is 8.03. The number of ether oxygens (including phenoxy) is 1. The van der Waals surface area contributed by atoms with Crippen molar-refractivity contribution < 1.29 is 22.7 Å². The molecule has 0 radical (unpaired) electrons. The van der Waals surface area contributed by atoms with Gasteiger partial charge in [0, 0.05) is 19.1 Å². The number of hydrogen-bond donors (Lipinski definition) is 1. The molecule has 124 valence electrons. The van der Waals surface area contributed by atoms with Crippen LogP contribution in [0.25, 0.3) is 0 Å². The molecule has 22 heavy (non-hydrogen) atoms. The number of methoxy groups -OCH3 is 1. The molecular formula is C15H21F3N2O2. The highest BCUT2D eigenvalue weighted by Gasteiger charge is 2.31. The van der Waals surface area contributed by atoms with Gasteiger partial charge in [-0.2, -0.15) is 13.2 Å². The average molecular weight is 318 g/mol.